The van der Waals surface area contributed by atoms with Crippen LogP contribution in [0.3, 0.4) is 0 Å². The van der Waals surface area contributed by atoms with Crippen molar-refractivity contribution in [2.24, 2.45) is 23.2 Å². The van der Waals surface area contributed by atoms with Crippen LogP contribution in [0, 0.1) is 23.2 Å². The lowest BCUT2D eigenvalue weighted by Gasteiger charge is -2.46. The smallest absolute Gasteiger partial charge is 0.00102 e. The Labute approximate surface area is 100 Å². The lowest BCUT2D eigenvalue weighted by molar-refractivity contribution is 0.0499. The van der Waals surface area contributed by atoms with Gasteiger partial charge >= 0.3 is 0 Å². The second-order valence-corrected chi connectivity index (χ2v) is 6.68. The van der Waals surface area contributed by atoms with Crippen molar-refractivity contribution in [3.8, 4) is 0 Å². The van der Waals surface area contributed by atoms with E-state index in [1.807, 2.05) is 0 Å². The van der Waals surface area contributed by atoms with Gasteiger partial charge in [-0.1, -0.05) is 25.7 Å². The van der Waals surface area contributed by atoms with E-state index < -0.39 is 0 Å². The maximum Gasteiger partial charge on any atom is 0.00102 e. The van der Waals surface area contributed by atoms with Gasteiger partial charge in [-0.15, -0.1) is 0 Å². The molecule has 1 nitrogen and oxygen atoms in total. The summed E-state index contributed by atoms with van der Waals surface area (Å²) in [6, 6.07) is 0. The number of nitrogens with one attached hydrogen (secondary N) is 1. The van der Waals surface area contributed by atoms with E-state index in [2.05, 4.69) is 12.4 Å². The van der Waals surface area contributed by atoms with Gasteiger partial charge in [0.05, 0.1) is 0 Å². The second-order valence-electron chi connectivity index (χ2n) is 6.68. The van der Waals surface area contributed by atoms with Crippen LogP contribution in [-0.2, 0) is 0 Å². The van der Waals surface area contributed by atoms with Crippen molar-refractivity contribution in [1.29, 1.82) is 0 Å². The maximum atomic E-state index is 3.53. The molecular weight excluding hydrogens is 194 g/mol. The zero-order valence-electron chi connectivity index (χ0n) is 10.8. The molecule has 0 amide bonds. The monoisotopic (exact) mass is 221 g/mol. The first-order valence-corrected chi connectivity index (χ1v) is 7.50. The van der Waals surface area contributed by atoms with Gasteiger partial charge in [-0.05, 0) is 62.3 Å². The van der Waals surface area contributed by atoms with Gasteiger partial charge in [-0.2, -0.15) is 0 Å². The molecule has 0 saturated heterocycles. The summed E-state index contributed by atoms with van der Waals surface area (Å²) in [5.41, 5.74) is 0.720. The van der Waals surface area contributed by atoms with E-state index in [9.17, 15) is 0 Å². The Morgan fingerprint density at radius 2 is 1.81 bits per heavy atom. The van der Waals surface area contributed by atoms with E-state index in [0.29, 0.717) is 0 Å². The molecule has 1 N–H and O–H groups in total. The van der Waals surface area contributed by atoms with E-state index in [1.165, 1.54) is 38.6 Å². The molecule has 0 aromatic heterocycles. The Hall–Kier alpha value is -0.0400. The summed E-state index contributed by atoms with van der Waals surface area (Å²) in [7, 11) is 2.16. The molecule has 92 valence electrons. The molecule has 0 aromatic carbocycles. The van der Waals surface area contributed by atoms with Crippen molar-refractivity contribution in [3.05, 3.63) is 0 Å². The Morgan fingerprint density at radius 1 is 1.00 bits per heavy atom. The van der Waals surface area contributed by atoms with Crippen LogP contribution in [-0.4, -0.2) is 13.6 Å². The van der Waals surface area contributed by atoms with E-state index in [-0.39, 0.29) is 0 Å². The van der Waals surface area contributed by atoms with Crippen molar-refractivity contribution >= 4 is 0 Å². The van der Waals surface area contributed by atoms with Crippen molar-refractivity contribution in [1.82, 2.24) is 5.32 Å². The van der Waals surface area contributed by atoms with Gasteiger partial charge in [0.1, 0.15) is 0 Å². The summed E-state index contributed by atoms with van der Waals surface area (Å²) in [5.74, 6) is 3.23. The molecule has 3 saturated carbocycles. The number of rotatable bonds is 3. The Morgan fingerprint density at radius 3 is 2.38 bits per heavy atom. The maximum absolute atomic E-state index is 3.53. The largest absolute Gasteiger partial charge is 0.319 e. The number of hydrogen-bond acceptors (Lipinski definition) is 1. The first-order valence-electron chi connectivity index (χ1n) is 7.50. The Balaban J connectivity index is 1.79. The van der Waals surface area contributed by atoms with Gasteiger partial charge in [0.2, 0.25) is 0 Å². The lowest BCUT2D eigenvalue weighted by atomic mass is 9.61. The van der Waals surface area contributed by atoms with Gasteiger partial charge in [-0.3, -0.25) is 0 Å². The summed E-state index contributed by atoms with van der Waals surface area (Å²) < 4.78 is 0. The third-order valence-electron chi connectivity index (χ3n) is 5.95. The van der Waals surface area contributed by atoms with E-state index >= 15 is 0 Å². The molecule has 3 aliphatic carbocycles. The topological polar surface area (TPSA) is 12.0 Å². The summed E-state index contributed by atoms with van der Waals surface area (Å²) in [5, 5.41) is 3.53. The second kappa shape index (κ2) is 4.33. The minimum atomic E-state index is 0.720. The van der Waals surface area contributed by atoms with E-state index in [4.69, 9.17) is 0 Å². The molecule has 0 spiro atoms. The SMILES string of the molecule is CNCC1(C2CCCCC2)CC2CCC1C2. The molecule has 0 aromatic rings. The first kappa shape index (κ1) is 11.1. The van der Waals surface area contributed by atoms with Crippen LogP contribution in [0.2, 0.25) is 0 Å². The van der Waals surface area contributed by atoms with Crippen molar-refractivity contribution in [3.63, 3.8) is 0 Å². The van der Waals surface area contributed by atoms with Crippen LogP contribution >= 0.6 is 0 Å². The fourth-order valence-electron chi connectivity index (χ4n) is 5.35. The Kier molecular flexibility index (Phi) is 2.99. The van der Waals surface area contributed by atoms with E-state index in [0.717, 1.165) is 23.2 Å². The van der Waals surface area contributed by atoms with Gasteiger partial charge < -0.3 is 5.32 Å². The van der Waals surface area contributed by atoms with Crippen LogP contribution in [0.15, 0.2) is 0 Å². The van der Waals surface area contributed by atoms with Gasteiger partial charge in [0, 0.05) is 6.54 Å². The number of fused-ring (bicyclic) bond motifs is 2. The molecule has 0 heterocycles. The normalized spacial score (nSPS) is 44.1. The standard InChI is InChI=1S/C15H27N/c1-16-11-15(13-5-3-2-4-6-13)10-12-7-8-14(15)9-12/h12-14,16H,2-11H2,1H3. The quantitative estimate of drug-likeness (QED) is 0.768. The highest BCUT2D eigenvalue weighted by atomic mass is 14.9. The molecule has 3 unspecified atom stereocenters. The lowest BCUT2D eigenvalue weighted by Crippen LogP contribution is -2.44. The van der Waals surface area contributed by atoms with Crippen LogP contribution in [0.25, 0.3) is 0 Å². The fraction of sp³-hybridized carbons (Fsp3) is 1.00. The molecule has 0 radical (unpaired) electrons. The zero-order valence-corrected chi connectivity index (χ0v) is 10.8. The summed E-state index contributed by atoms with van der Waals surface area (Å²) in [4.78, 5) is 0. The molecule has 3 fully saturated rings. The molecule has 2 bridgehead atoms. The van der Waals surface area contributed by atoms with Crippen LogP contribution in [0.1, 0.15) is 57.8 Å². The molecule has 3 aliphatic rings. The van der Waals surface area contributed by atoms with Crippen LogP contribution in [0.4, 0.5) is 0 Å². The molecule has 3 rings (SSSR count). The molecule has 16 heavy (non-hydrogen) atoms. The predicted molar refractivity (Wildman–Crippen MR) is 68.4 cm³/mol. The molecule has 0 aliphatic heterocycles. The minimum Gasteiger partial charge on any atom is -0.319 e. The summed E-state index contributed by atoms with van der Waals surface area (Å²) in [6.45, 7) is 1.30. The average molecular weight is 221 g/mol. The van der Waals surface area contributed by atoms with E-state index in [1.54, 1.807) is 25.7 Å². The van der Waals surface area contributed by atoms with Crippen molar-refractivity contribution in [2.45, 2.75) is 57.8 Å². The fourth-order valence-corrected chi connectivity index (χ4v) is 5.35. The van der Waals surface area contributed by atoms with Gasteiger partial charge in [0.25, 0.3) is 0 Å². The average Bonchev–Trinajstić information content (AvgIpc) is 2.91. The third kappa shape index (κ3) is 1.63. The molecular formula is C15H27N. The van der Waals surface area contributed by atoms with Crippen LogP contribution in [0.5, 0.6) is 0 Å². The van der Waals surface area contributed by atoms with Crippen molar-refractivity contribution < 1.29 is 0 Å². The highest BCUT2D eigenvalue weighted by Gasteiger charge is 2.53. The molecule has 1 heteroatoms. The van der Waals surface area contributed by atoms with Gasteiger partial charge in [0.15, 0.2) is 0 Å². The summed E-state index contributed by atoms with van der Waals surface area (Å²) >= 11 is 0. The minimum absolute atomic E-state index is 0.720. The first-order chi connectivity index (χ1) is 7.85. The molecule has 3 atom stereocenters. The predicted octanol–water partition coefficient (Wildman–Crippen LogP) is 3.59. The number of hydrogen-bond donors (Lipinski definition) is 1. The van der Waals surface area contributed by atoms with Crippen molar-refractivity contribution in [2.75, 3.05) is 13.6 Å². The third-order valence-corrected chi connectivity index (χ3v) is 5.95. The highest BCUT2D eigenvalue weighted by molar-refractivity contribution is 5.04. The van der Waals surface area contributed by atoms with Gasteiger partial charge in [-0.25, -0.2) is 0 Å². The highest BCUT2D eigenvalue weighted by Crippen LogP contribution is 2.61. The van der Waals surface area contributed by atoms with Crippen LogP contribution < -0.4 is 5.32 Å². The Bertz CT molecular complexity index is 244. The summed E-state index contributed by atoms with van der Waals surface area (Å²) in [6.07, 6.45) is 13.8. The zero-order chi connectivity index (χ0) is 11.0.